The van der Waals surface area contributed by atoms with Crippen molar-refractivity contribution in [2.75, 3.05) is 11.9 Å². The number of halogens is 1. The molecule has 1 amide bonds. The standard InChI is InChI=1S/C17H19ClN2O/c1-12-3-5-14(6-4-12)13(2)19-11-17(21)20-16-9-7-15(18)8-10-16/h3-10,13,19H,11H2,1-2H3,(H,20,21)/t13-/m0/s1. The van der Waals surface area contributed by atoms with Crippen LogP contribution in [0.1, 0.15) is 24.1 Å². The summed E-state index contributed by atoms with van der Waals surface area (Å²) in [6.45, 7) is 4.36. The Morgan fingerprint density at radius 3 is 2.33 bits per heavy atom. The molecule has 0 radical (unpaired) electrons. The fraction of sp³-hybridized carbons (Fsp3) is 0.235. The zero-order chi connectivity index (χ0) is 15.2. The van der Waals surface area contributed by atoms with Gasteiger partial charge in [-0.3, -0.25) is 4.79 Å². The summed E-state index contributed by atoms with van der Waals surface area (Å²) in [5, 5.41) is 6.69. The number of carbonyl (C=O) groups excluding carboxylic acids is 1. The first-order valence-electron chi connectivity index (χ1n) is 6.90. The topological polar surface area (TPSA) is 41.1 Å². The summed E-state index contributed by atoms with van der Waals surface area (Å²) in [6, 6.07) is 15.5. The molecule has 0 spiro atoms. The normalized spacial score (nSPS) is 12.0. The first kappa shape index (κ1) is 15.5. The minimum atomic E-state index is -0.0729. The maximum absolute atomic E-state index is 11.9. The Labute approximate surface area is 130 Å². The van der Waals surface area contributed by atoms with E-state index in [9.17, 15) is 4.79 Å². The van der Waals surface area contributed by atoms with Crippen LogP contribution in [-0.2, 0) is 4.79 Å². The van der Waals surface area contributed by atoms with Crippen LogP contribution in [0.5, 0.6) is 0 Å². The Hall–Kier alpha value is -1.84. The predicted octanol–water partition coefficient (Wildman–Crippen LogP) is 3.94. The fourth-order valence-corrected chi connectivity index (χ4v) is 2.08. The number of nitrogens with one attached hydrogen (secondary N) is 2. The molecule has 0 unspecified atom stereocenters. The number of aryl methyl sites for hydroxylation is 1. The number of carbonyl (C=O) groups is 1. The van der Waals surface area contributed by atoms with Crippen LogP contribution in [0.2, 0.25) is 5.02 Å². The zero-order valence-corrected chi connectivity index (χ0v) is 12.9. The molecule has 0 saturated heterocycles. The van der Waals surface area contributed by atoms with Gasteiger partial charge in [0.15, 0.2) is 0 Å². The molecule has 0 aliphatic carbocycles. The first-order chi connectivity index (χ1) is 10.0. The molecule has 1 atom stereocenters. The molecule has 2 aromatic carbocycles. The molecule has 2 rings (SSSR count). The molecule has 3 nitrogen and oxygen atoms in total. The Morgan fingerprint density at radius 1 is 1.10 bits per heavy atom. The minimum absolute atomic E-state index is 0.0729. The Balaban J connectivity index is 1.83. The second-order valence-electron chi connectivity index (χ2n) is 5.07. The van der Waals surface area contributed by atoms with E-state index in [-0.39, 0.29) is 18.5 Å². The molecule has 4 heteroatoms. The number of benzene rings is 2. The summed E-state index contributed by atoms with van der Waals surface area (Å²) in [5.74, 6) is -0.0729. The van der Waals surface area contributed by atoms with E-state index in [1.54, 1.807) is 24.3 Å². The lowest BCUT2D eigenvalue weighted by atomic mass is 10.1. The minimum Gasteiger partial charge on any atom is -0.325 e. The van der Waals surface area contributed by atoms with Crippen molar-refractivity contribution in [3.63, 3.8) is 0 Å². The van der Waals surface area contributed by atoms with Crippen molar-refractivity contribution < 1.29 is 4.79 Å². The van der Waals surface area contributed by atoms with Gasteiger partial charge in [-0.15, -0.1) is 0 Å². The highest BCUT2D eigenvalue weighted by Crippen LogP contribution is 2.14. The van der Waals surface area contributed by atoms with Crippen LogP contribution in [0.15, 0.2) is 48.5 Å². The van der Waals surface area contributed by atoms with Crippen LogP contribution in [0, 0.1) is 6.92 Å². The Bertz CT molecular complexity index is 593. The van der Waals surface area contributed by atoms with E-state index in [0.29, 0.717) is 5.02 Å². The van der Waals surface area contributed by atoms with Gasteiger partial charge in [-0.05, 0) is 43.7 Å². The molecule has 0 aromatic heterocycles. The SMILES string of the molecule is Cc1ccc([C@H](C)NCC(=O)Nc2ccc(Cl)cc2)cc1. The highest BCUT2D eigenvalue weighted by Gasteiger charge is 2.07. The predicted molar refractivity (Wildman–Crippen MR) is 87.7 cm³/mol. The molecule has 0 aliphatic rings. The molecule has 0 bridgehead atoms. The molecule has 21 heavy (non-hydrogen) atoms. The highest BCUT2D eigenvalue weighted by molar-refractivity contribution is 6.30. The molecular formula is C17H19ClN2O. The van der Waals surface area contributed by atoms with E-state index in [1.165, 1.54) is 11.1 Å². The number of anilines is 1. The van der Waals surface area contributed by atoms with Crippen LogP contribution < -0.4 is 10.6 Å². The van der Waals surface area contributed by atoms with Gasteiger partial charge < -0.3 is 10.6 Å². The molecule has 0 fully saturated rings. The van der Waals surface area contributed by atoms with Crippen molar-refractivity contribution in [1.82, 2.24) is 5.32 Å². The van der Waals surface area contributed by atoms with Gasteiger partial charge in [0, 0.05) is 16.8 Å². The lowest BCUT2D eigenvalue weighted by Crippen LogP contribution is -2.30. The van der Waals surface area contributed by atoms with Gasteiger partial charge >= 0.3 is 0 Å². The van der Waals surface area contributed by atoms with Crippen LogP contribution in [0.4, 0.5) is 5.69 Å². The lowest BCUT2D eigenvalue weighted by Gasteiger charge is -2.14. The summed E-state index contributed by atoms with van der Waals surface area (Å²) in [4.78, 5) is 11.9. The summed E-state index contributed by atoms with van der Waals surface area (Å²) in [6.07, 6.45) is 0. The average Bonchev–Trinajstić information content (AvgIpc) is 2.48. The zero-order valence-electron chi connectivity index (χ0n) is 12.2. The summed E-state index contributed by atoms with van der Waals surface area (Å²) in [5.41, 5.74) is 3.14. The molecule has 110 valence electrons. The van der Waals surface area contributed by atoms with Gasteiger partial charge in [-0.2, -0.15) is 0 Å². The Morgan fingerprint density at radius 2 is 1.71 bits per heavy atom. The van der Waals surface area contributed by atoms with Gasteiger partial charge in [-0.1, -0.05) is 41.4 Å². The molecule has 2 N–H and O–H groups in total. The number of hydrogen-bond acceptors (Lipinski definition) is 2. The maximum Gasteiger partial charge on any atom is 0.238 e. The third-order valence-corrected chi connectivity index (χ3v) is 3.53. The van der Waals surface area contributed by atoms with Crippen molar-refractivity contribution in [3.8, 4) is 0 Å². The maximum atomic E-state index is 11.9. The van der Waals surface area contributed by atoms with Crippen molar-refractivity contribution in [1.29, 1.82) is 0 Å². The third kappa shape index (κ3) is 4.88. The number of hydrogen-bond donors (Lipinski definition) is 2. The number of amides is 1. The van der Waals surface area contributed by atoms with E-state index < -0.39 is 0 Å². The van der Waals surface area contributed by atoms with Gasteiger partial charge in [0.05, 0.1) is 6.54 Å². The first-order valence-corrected chi connectivity index (χ1v) is 7.28. The van der Waals surface area contributed by atoms with Crippen molar-refractivity contribution in [3.05, 3.63) is 64.7 Å². The summed E-state index contributed by atoms with van der Waals surface area (Å²) < 4.78 is 0. The molecule has 0 aliphatic heterocycles. The van der Waals surface area contributed by atoms with Gasteiger partial charge in [0.25, 0.3) is 0 Å². The van der Waals surface area contributed by atoms with Crippen LogP contribution in [-0.4, -0.2) is 12.5 Å². The quantitative estimate of drug-likeness (QED) is 0.878. The monoisotopic (exact) mass is 302 g/mol. The average molecular weight is 303 g/mol. The van der Waals surface area contributed by atoms with E-state index in [4.69, 9.17) is 11.6 Å². The van der Waals surface area contributed by atoms with E-state index in [0.717, 1.165) is 5.69 Å². The molecule has 0 saturated carbocycles. The van der Waals surface area contributed by atoms with Gasteiger partial charge in [0.1, 0.15) is 0 Å². The number of rotatable bonds is 5. The smallest absolute Gasteiger partial charge is 0.238 e. The molecular weight excluding hydrogens is 284 g/mol. The van der Waals surface area contributed by atoms with Crippen LogP contribution in [0.3, 0.4) is 0 Å². The highest BCUT2D eigenvalue weighted by atomic mass is 35.5. The van der Waals surface area contributed by atoms with Gasteiger partial charge in [0.2, 0.25) is 5.91 Å². The lowest BCUT2D eigenvalue weighted by molar-refractivity contribution is -0.115. The largest absolute Gasteiger partial charge is 0.325 e. The fourth-order valence-electron chi connectivity index (χ4n) is 1.96. The van der Waals surface area contributed by atoms with Crippen LogP contribution >= 0.6 is 11.6 Å². The van der Waals surface area contributed by atoms with E-state index in [1.807, 2.05) is 6.92 Å². The second-order valence-corrected chi connectivity index (χ2v) is 5.50. The van der Waals surface area contributed by atoms with E-state index in [2.05, 4.69) is 41.8 Å². The second kappa shape index (κ2) is 7.25. The molecule has 2 aromatic rings. The molecule has 0 heterocycles. The van der Waals surface area contributed by atoms with Crippen molar-refractivity contribution in [2.45, 2.75) is 19.9 Å². The third-order valence-electron chi connectivity index (χ3n) is 3.27. The Kier molecular flexibility index (Phi) is 5.37. The van der Waals surface area contributed by atoms with Gasteiger partial charge in [-0.25, -0.2) is 0 Å². The van der Waals surface area contributed by atoms with E-state index >= 15 is 0 Å². The van der Waals surface area contributed by atoms with Crippen molar-refractivity contribution >= 4 is 23.2 Å². The van der Waals surface area contributed by atoms with Crippen LogP contribution in [0.25, 0.3) is 0 Å². The van der Waals surface area contributed by atoms with Crippen molar-refractivity contribution in [2.24, 2.45) is 0 Å². The summed E-state index contributed by atoms with van der Waals surface area (Å²) in [7, 11) is 0. The summed E-state index contributed by atoms with van der Waals surface area (Å²) >= 11 is 5.80.